The van der Waals surface area contributed by atoms with E-state index in [9.17, 15) is 4.79 Å². The van der Waals surface area contributed by atoms with Gasteiger partial charge in [0.25, 0.3) is 5.91 Å². The van der Waals surface area contributed by atoms with Gasteiger partial charge in [0.05, 0.1) is 0 Å². The lowest BCUT2D eigenvalue weighted by Gasteiger charge is -2.11. The molecule has 0 bridgehead atoms. The van der Waals surface area contributed by atoms with Gasteiger partial charge < -0.3 is 9.64 Å². The molecule has 2 rings (SSSR count). The zero-order chi connectivity index (χ0) is 13.7. The molecule has 3 heteroatoms. The second-order valence-electron chi connectivity index (χ2n) is 4.50. The Hall–Kier alpha value is -2.29. The molecular weight excluding hydrogens is 238 g/mol. The minimum absolute atomic E-state index is 0.00499. The highest BCUT2D eigenvalue weighted by Crippen LogP contribution is 2.15. The van der Waals surface area contributed by atoms with Crippen molar-refractivity contribution in [2.75, 3.05) is 14.1 Å². The third kappa shape index (κ3) is 3.58. The summed E-state index contributed by atoms with van der Waals surface area (Å²) in [7, 11) is 3.48. The Bertz CT molecular complexity index is 532. The van der Waals surface area contributed by atoms with Crippen LogP contribution in [-0.2, 0) is 6.61 Å². The lowest BCUT2D eigenvalue weighted by molar-refractivity contribution is 0.0827. The molecule has 0 atom stereocenters. The Morgan fingerprint density at radius 1 is 1.00 bits per heavy atom. The predicted octanol–water partition coefficient (Wildman–Crippen LogP) is 2.97. The van der Waals surface area contributed by atoms with Gasteiger partial charge >= 0.3 is 0 Å². The summed E-state index contributed by atoms with van der Waals surface area (Å²) >= 11 is 0. The first-order chi connectivity index (χ1) is 9.16. The van der Waals surface area contributed by atoms with Gasteiger partial charge in [0.2, 0.25) is 0 Å². The minimum Gasteiger partial charge on any atom is -0.489 e. The lowest BCUT2D eigenvalue weighted by atomic mass is 10.2. The molecule has 0 unspecified atom stereocenters. The van der Waals surface area contributed by atoms with Crippen LogP contribution in [0.25, 0.3) is 0 Å². The molecule has 0 aromatic heterocycles. The highest BCUT2D eigenvalue weighted by atomic mass is 16.5. The molecule has 0 N–H and O–H groups in total. The van der Waals surface area contributed by atoms with Gasteiger partial charge in [-0.3, -0.25) is 4.79 Å². The van der Waals surface area contributed by atoms with Gasteiger partial charge in [-0.1, -0.05) is 30.3 Å². The number of carbonyl (C=O) groups excluding carboxylic acids is 1. The fourth-order valence-electron chi connectivity index (χ4n) is 1.69. The summed E-state index contributed by atoms with van der Waals surface area (Å²) in [4.78, 5) is 13.3. The Labute approximate surface area is 113 Å². The van der Waals surface area contributed by atoms with Gasteiger partial charge in [0.15, 0.2) is 0 Å². The van der Waals surface area contributed by atoms with Crippen LogP contribution in [0.5, 0.6) is 5.75 Å². The minimum atomic E-state index is -0.00499. The Morgan fingerprint density at radius 2 is 1.63 bits per heavy atom. The van der Waals surface area contributed by atoms with E-state index in [1.54, 1.807) is 31.1 Å². The molecule has 0 heterocycles. The summed E-state index contributed by atoms with van der Waals surface area (Å²) in [6, 6.07) is 17.2. The van der Waals surface area contributed by atoms with Crippen LogP contribution in [0.3, 0.4) is 0 Å². The molecule has 0 radical (unpaired) electrons. The van der Waals surface area contributed by atoms with Crippen molar-refractivity contribution in [1.82, 2.24) is 4.90 Å². The monoisotopic (exact) mass is 255 g/mol. The molecular formula is C16H17NO2. The van der Waals surface area contributed by atoms with Crippen molar-refractivity contribution < 1.29 is 9.53 Å². The van der Waals surface area contributed by atoms with Gasteiger partial charge in [0, 0.05) is 19.7 Å². The first kappa shape index (κ1) is 13.1. The maximum Gasteiger partial charge on any atom is 0.253 e. The number of amides is 1. The van der Waals surface area contributed by atoms with Gasteiger partial charge in [-0.15, -0.1) is 0 Å². The van der Waals surface area contributed by atoms with Crippen molar-refractivity contribution in [2.45, 2.75) is 6.61 Å². The van der Waals surface area contributed by atoms with Gasteiger partial charge in [-0.05, 0) is 29.8 Å². The molecule has 2 aromatic rings. The van der Waals surface area contributed by atoms with Crippen LogP contribution in [0.2, 0.25) is 0 Å². The van der Waals surface area contributed by atoms with Crippen molar-refractivity contribution in [2.24, 2.45) is 0 Å². The zero-order valence-electron chi connectivity index (χ0n) is 11.2. The average molecular weight is 255 g/mol. The van der Waals surface area contributed by atoms with Gasteiger partial charge in [-0.2, -0.15) is 0 Å². The number of hydrogen-bond acceptors (Lipinski definition) is 2. The predicted molar refractivity (Wildman–Crippen MR) is 75.2 cm³/mol. The van der Waals surface area contributed by atoms with Gasteiger partial charge in [-0.25, -0.2) is 0 Å². The number of ether oxygens (including phenoxy) is 1. The summed E-state index contributed by atoms with van der Waals surface area (Å²) in [6.45, 7) is 0.530. The van der Waals surface area contributed by atoms with Crippen LogP contribution in [0.15, 0.2) is 54.6 Å². The number of benzene rings is 2. The molecule has 0 saturated heterocycles. The number of rotatable bonds is 4. The topological polar surface area (TPSA) is 29.5 Å². The molecule has 3 nitrogen and oxygen atoms in total. The summed E-state index contributed by atoms with van der Waals surface area (Å²) in [5, 5.41) is 0. The molecule has 1 amide bonds. The van der Waals surface area contributed by atoms with Crippen LogP contribution in [0.1, 0.15) is 15.9 Å². The van der Waals surface area contributed by atoms with Crippen LogP contribution in [0, 0.1) is 0 Å². The highest BCUT2D eigenvalue weighted by molar-refractivity contribution is 5.93. The summed E-state index contributed by atoms with van der Waals surface area (Å²) in [5.41, 5.74) is 1.79. The molecule has 0 aliphatic heterocycles. The fourth-order valence-corrected chi connectivity index (χ4v) is 1.69. The third-order valence-electron chi connectivity index (χ3n) is 2.76. The smallest absolute Gasteiger partial charge is 0.253 e. The van der Waals surface area contributed by atoms with Gasteiger partial charge in [0.1, 0.15) is 12.4 Å². The first-order valence-electron chi connectivity index (χ1n) is 6.15. The van der Waals surface area contributed by atoms with Crippen molar-refractivity contribution >= 4 is 5.91 Å². The van der Waals surface area contributed by atoms with E-state index in [1.165, 1.54) is 0 Å². The van der Waals surface area contributed by atoms with E-state index in [1.807, 2.05) is 42.5 Å². The Morgan fingerprint density at radius 3 is 2.21 bits per heavy atom. The molecule has 2 aromatic carbocycles. The van der Waals surface area contributed by atoms with E-state index in [-0.39, 0.29) is 5.91 Å². The third-order valence-corrected chi connectivity index (χ3v) is 2.76. The molecule has 0 spiro atoms. The summed E-state index contributed by atoms with van der Waals surface area (Å²) in [5.74, 6) is 0.758. The lowest BCUT2D eigenvalue weighted by Crippen LogP contribution is -2.21. The molecule has 98 valence electrons. The second kappa shape index (κ2) is 6.05. The van der Waals surface area contributed by atoms with Crippen LogP contribution in [-0.4, -0.2) is 24.9 Å². The van der Waals surface area contributed by atoms with Crippen LogP contribution in [0.4, 0.5) is 0 Å². The normalized spacial score (nSPS) is 10.0. The number of hydrogen-bond donors (Lipinski definition) is 0. The number of carbonyl (C=O) groups is 1. The average Bonchev–Trinajstić information content (AvgIpc) is 2.46. The van der Waals surface area contributed by atoms with Crippen LogP contribution < -0.4 is 4.74 Å². The fraction of sp³-hybridized carbons (Fsp3) is 0.188. The van der Waals surface area contributed by atoms with Crippen molar-refractivity contribution in [3.8, 4) is 5.75 Å². The quantitative estimate of drug-likeness (QED) is 0.840. The molecule has 0 fully saturated rings. The largest absolute Gasteiger partial charge is 0.489 e. The number of nitrogens with zero attached hydrogens (tertiary/aromatic N) is 1. The Kier molecular flexibility index (Phi) is 4.18. The standard InChI is InChI=1S/C16H17NO2/c1-17(2)16(18)14-8-10-15(11-9-14)19-12-13-6-4-3-5-7-13/h3-11H,12H2,1-2H3. The van der Waals surface area contributed by atoms with E-state index in [2.05, 4.69) is 0 Å². The zero-order valence-corrected chi connectivity index (χ0v) is 11.2. The molecule has 0 aliphatic carbocycles. The van der Waals surface area contributed by atoms with Crippen LogP contribution >= 0.6 is 0 Å². The second-order valence-corrected chi connectivity index (χ2v) is 4.50. The molecule has 19 heavy (non-hydrogen) atoms. The van der Waals surface area contributed by atoms with E-state index < -0.39 is 0 Å². The van der Waals surface area contributed by atoms with E-state index >= 15 is 0 Å². The maximum absolute atomic E-state index is 11.7. The summed E-state index contributed by atoms with van der Waals surface area (Å²) in [6.07, 6.45) is 0. The van der Waals surface area contributed by atoms with Crippen molar-refractivity contribution in [3.63, 3.8) is 0 Å². The first-order valence-corrected chi connectivity index (χ1v) is 6.15. The maximum atomic E-state index is 11.7. The highest BCUT2D eigenvalue weighted by Gasteiger charge is 2.07. The van der Waals surface area contributed by atoms with E-state index in [0.717, 1.165) is 11.3 Å². The Balaban J connectivity index is 1.98. The SMILES string of the molecule is CN(C)C(=O)c1ccc(OCc2ccccc2)cc1. The van der Waals surface area contributed by atoms with E-state index in [0.29, 0.717) is 12.2 Å². The molecule has 0 saturated carbocycles. The van der Waals surface area contributed by atoms with Crippen molar-refractivity contribution in [1.29, 1.82) is 0 Å². The van der Waals surface area contributed by atoms with E-state index in [4.69, 9.17) is 4.74 Å². The van der Waals surface area contributed by atoms with Crippen molar-refractivity contribution in [3.05, 3.63) is 65.7 Å². The molecule has 0 aliphatic rings. The summed E-state index contributed by atoms with van der Waals surface area (Å²) < 4.78 is 5.66.